The van der Waals surface area contributed by atoms with Gasteiger partial charge in [0, 0.05) is 23.3 Å². The van der Waals surface area contributed by atoms with Crippen molar-refractivity contribution in [2.75, 3.05) is 5.32 Å². The number of benzene rings is 2. The summed E-state index contributed by atoms with van der Waals surface area (Å²) in [5, 5.41) is 6.68. The maximum absolute atomic E-state index is 14.1. The van der Waals surface area contributed by atoms with Crippen molar-refractivity contribution < 1.29 is 23.5 Å². The Kier molecular flexibility index (Phi) is 6.95. The van der Waals surface area contributed by atoms with Crippen LogP contribution in [0.5, 0.6) is 0 Å². The van der Waals surface area contributed by atoms with Crippen LogP contribution >= 0.6 is 11.6 Å². The molecule has 3 amide bonds. The number of likely N-dealkylation sites (tertiary alicyclic amines) is 1. The van der Waals surface area contributed by atoms with Crippen molar-refractivity contribution in [2.45, 2.75) is 63.4 Å². The molecule has 3 aliphatic heterocycles. The molecule has 2 saturated heterocycles. The summed E-state index contributed by atoms with van der Waals surface area (Å²) in [6.07, 6.45) is 5.99. The first-order valence-electron chi connectivity index (χ1n) is 14.0. The fourth-order valence-electron chi connectivity index (χ4n) is 7.03. The minimum absolute atomic E-state index is 0.0129. The van der Waals surface area contributed by atoms with Crippen molar-refractivity contribution in [3.05, 3.63) is 77.1 Å². The lowest BCUT2D eigenvalue weighted by molar-refractivity contribution is -0.142. The van der Waals surface area contributed by atoms with Crippen LogP contribution in [0.3, 0.4) is 0 Å². The van der Waals surface area contributed by atoms with E-state index in [1.807, 2.05) is 0 Å². The molecule has 1 aliphatic carbocycles. The van der Waals surface area contributed by atoms with Crippen molar-refractivity contribution in [1.82, 2.24) is 10.2 Å². The summed E-state index contributed by atoms with van der Waals surface area (Å²) in [7, 11) is 0. The summed E-state index contributed by atoms with van der Waals surface area (Å²) in [5.74, 6) is -2.25. The molecule has 8 atom stereocenters. The van der Waals surface area contributed by atoms with Crippen LogP contribution in [0, 0.1) is 29.5 Å². The Morgan fingerprint density at radius 1 is 1.07 bits per heavy atom. The Balaban J connectivity index is 1.32. The van der Waals surface area contributed by atoms with Gasteiger partial charge in [-0.15, -0.1) is 0 Å². The third-order valence-corrected chi connectivity index (χ3v) is 9.59. The third kappa shape index (κ3) is 4.51. The molecule has 3 fully saturated rings. The molecule has 0 aromatic heterocycles. The lowest BCUT2D eigenvalue weighted by atomic mass is 9.73. The molecule has 7 nitrogen and oxygen atoms in total. The largest absolute Gasteiger partial charge is 0.359 e. The van der Waals surface area contributed by atoms with Crippen LogP contribution in [-0.4, -0.2) is 46.4 Å². The van der Waals surface area contributed by atoms with Crippen LogP contribution in [0.15, 0.2) is 60.7 Å². The highest BCUT2D eigenvalue weighted by atomic mass is 35.5. The fourth-order valence-corrected chi connectivity index (χ4v) is 7.16. The van der Waals surface area contributed by atoms with Gasteiger partial charge < -0.3 is 20.3 Å². The van der Waals surface area contributed by atoms with Crippen molar-refractivity contribution in [1.29, 1.82) is 0 Å². The second kappa shape index (κ2) is 10.3. The molecule has 210 valence electrons. The topological polar surface area (TPSA) is 87.7 Å². The lowest BCUT2D eigenvalue weighted by Crippen LogP contribution is -2.57. The molecule has 2 aromatic carbocycles. The Hall–Kier alpha value is -3.23. The minimum atomic E-state index is -1.27. The number of nitrogens with one attached hydrogen (secondary N) is 2. The summed E-state index contributed by atoms with van der Waals surface area (Å²) in [4.78, 5) is 43.3. The predicted octanol–water partition coefficient (Wildman–Crippen LogP) is 4.71. The Labute approximate surface area is 238 Å². The minimum Gasteiger partial charge on any atom is -0.359 e. The van der Waals surface area contributed by atoms with E-state index in [-0.39, 0.29) is 36.1 Å². The predicted molar refractivity (Wildman–Crippen MR) is 149 cm³/mol. The van der Waals surface area contributed by atoms with Gasteiger partial charge in [-0.1, -0.05) is 62.6 Å². The number of hydrogen-bond acceptors (Lipinski definition) is 4. The van der Waals surface area contributed by atoms with Gasteiger partial charge in [0.2, 0.25) is 17.7 Å². The van der Waals surface area contributed by atoms with Crippen LogP contribution in [0.4, 0.5) is 10.1 Å². The molecule has 9 heteroatoms. The molecular weight excluding hydrogens is 533 g/mol. The number of carbonyl (C=O) groups is 3. The first-order valence-corrected chi connectivity index (χ1v) is 14.3. The third-order valence-electron chi connectivity index (χ3n) is 9.34. The van der Waals surface area contributed by atoms with Crippen LogP contribution in [0.1, 0.15) is 38.7 Å². The van der Waals surface area contributed by atoms with E-state index < -0.39 is 29.6 Å². The van der Waals surface area contributed by atoms with Gasteiger partial charge in [-0.25, -0.2) is 4.39 Å². The molecular formula is C31H33ClFN3O4. The Bertz CT molecular complexity index is 1350. The molecule has 3 heterocycles. The first kappa shape index (κ1) is 27.0. The molecule has 0 unspecified atom stereocenters. The van der Waals surface area contributed by atoms with E-state index in [1.165, 1.54) is 17.0 Å². The fraction of sp³-hybridized carbons (Fsp3) is 0.452. The highest BCUT2D eigenvalue weighted by Gasteiger charge is 2.72. The van der Waals surface area contributed by atoms with Gasteiger partial charge in [0.05, 0.1) is 17.9 Å². The Morgan fingerprint density at radius 2 is 1.80 bits per heavy atom. The van der Waals surface area contributed by atoms with E-state index >= 15 is 0 Å². The summed E-state index contributed by atoms with van der Waals surface area (Å²) in [6, 6.07) is 11.6. The van der Waals surface area contributed by atoms with E-state index in [1.54, 1.807) is 48.6 Å². The zero-order valence-electron chi connectivity index (χ0n) is 22.5. The van der Waals surface area contributed by atoms with Gasteiger partial charge in [0.1, 0.15) is 17.5 Å². The van der Waals surface area contributed by atoms with Gasteiger partial charge in [0.25, 0.3) is 0 Å². The highest BCUT2D eigenvalue weighted by Crippen LogP contribution is 2.55. The molecule has 0 radical (unpaired) electrons. The summed E-state index contributed by atoms with van der Waals surface area (Å²) >= 11 is 5.99. The monoisotopic (exact) mass is 565 g/mol. The van der Waals surface area contributed by atoms with Crippen LogP contribution in [0.25, 0.3) is 0 Å². The van der Waals surface area contributed by atoms with Crippen molar-refractivity contribution in [2.24, 2.45) is 23.7 Å². The number of fused-ring (bicyclic) bond motifs is 1. The van der Waals surface area contributed by atoms with E-state index in [9.17, 15) is 18.8 Å². The van der Waals surface area contributed by atoms with Gasteiger partial charge in [-0.3, -0.25) is 14.4 Å². The average molecular weight is 566 g/mol. The van der Waals surface area contributed by atoms with Gasteiger partial charge >= 0.3 is 0 Å². The smallest absolute Gasteiger partial charge is 0.246 e. The standard InChI is InChI=1S/C31H33ClFN3O4/c1-17-4-3-5-23(18(17)2)35-29(38)27-31-15-14-24(40-31)25(28(37)34-22-12-8-20(32)9-13-22)26(31)30(39)36(27)16-19-6-10-21(33)11-7-19/h6-15,17-18,23-27H,3-5,16H2,1-2H3,(H,34,37)(H,35,38)/t17-,18-,23+,24-,25+,26-,27+,31+/m1/s1. The number of rotatable bonds is 6. The summed E-state index contributed by atoms with van der Waals surface area (Å²) in [6.45, 7) is 4.45. The zero-order valence-corrected chi connectivity index (χ0v) is 23.2. The molecule has 2 aromatic rings. The number of amides is 3. The summed E-state index contributed by atoms with van der Waals surface area (Å²) in [5.41, 5.74) is -0.0278. The van der Waals surface area contributed by atoms with E-state index in [0.29, 0.717) is 28.1 Å². The van der Waals surface area contributed by atoms with Crippen molar-refractivity contribution >= 4 is 35.0 Å². The van der Waals surface area contributed by atoms with Crippen LogP contribution in [-0.2, 0) is 25.7 Å². The highest BCUT2D eigenvalue weighted by molar-refractivity contribution is 6.30. The number of halogens is 2. The van der Waals surface area contributed by atoms with Gasteiger partial charge in [-0.2, -0.15) is 0 Å². The summed E-state index contributed by atoms with van der Waals surface area (Å²) < 4.78 is 20.1. The van der Waals surface area contributed by atoms with Crippen LogP contribution in [0.2, 0.25) is 5.02 Å². The number of carbonyl (C=O) groups excluding carboxylic acids is 3. The van der Waals surface area contributed by atoms with E-state index in [4.69, 9.17) is 16.3 Å². The maximum Gasteiger partial charge on any atom is 0.246 e. The quantitative estimate of drug-likeness (QED) is 0.497. The normalized spacial score (nSPS) is 34.1. The molecule has 40 heavy (non-hydrogen) atoms. The number of anilines is 1. The molecule has 2 N–H and O–H groups in total. The van der Waals surface area contributed by atoms with Crippen molar-refractivity contribution in [3.8, 4) is 0 Å². The Morgan fingerprint density at radius 3 is 2.52 bits per heavy atom. The molecule has 6 rings (SSSR count). The second-order valence-electron chi connectivity index (χ2n) is 11.7. The molecule has 1 saturated carbocycles. The maximum atomic E-state index is 14.1. The van der Waals surface area contributed by atoms with E-state index in [2.05, 4.69) is 24.5 Å². The molecule has 2 bridgehead atoms. The van der Waals surface area contributed by atoms with Crippen LogP contribution < -0.4 is 10.6 Å². The lowest BCUT2D eigenvalue weighted by Gasteiger charge is -2.38. The van der Waals surface area contributed by atoms with Crippen molar-refractivity contribution in [3.63, 3.8) is 0 Å². The molecule has 1 spiro atoms. The van der Waals surface area contributed by atoms with Gasteiger partial charge in [-0.05, 0) is 60.2 Å². The number of hydrogen-bond donors (Lipinski definition) is 2. The second-order valence-corrected chi connectivity index (χ2v) is 12.1. The number of ether oxygens (including phenoxy) is 1. The zero-order chi connectivity index (χ0) is 28.2. The SMILES string of the molecule is C[C@@H]1[C@H](C)CCC[C@@H]1NC(=O)[C@@H]1N(Cc2ccc(F)cc2)C(=O)[C@H]2[C@@H](C(=O)Nc3ccc(Cl)cc3)[C@H]3C=C[C@@]12O3. The average Bonchev–Trinajstić information content (AvgIpc) is 3.57. The molecule has 4 aliphatic rings. The first-order chi connectivity index (χ1) is 19.2. The van der Waals surface area contributed by atoms with Gasteiger partial charge in [0.15, 0.2) is 0 Å². The van der Waals surface area contributed by atoms with E-state index in [0.717, 1.165) is 19.3 Å². The number of nitrogens with zero attached hydrogens (tertiary/aromatic N) is 1.